The Hall–Kier alpha value is -2.09. The van der Waals surface area contributed by atoms with Crippen molar-refractivity contribution in [2.45, 2.75) is 17.9 Å². The number of carbonyl (C=O) groups excluding carboxylic acids is 1. The average molecular weight is 285 g/mol. The number of amidine groups is 1. The van der Waals surface area contributed by atoms with Gasteiger partial charge in [0.15, 0.2) is 15.7 Å². The van der Waals surface area contributed by atoms with Gasteiger partial charge < -0.3 is 16.3 Å². The van der Waals surface area contributed by atoms with Gasteiger partial charge in [0.2, 0.25) is 0 Å². The van der Waals surface area contributed by atoms with Crippen LogP contribution in [-0.2, 0) is 9.84 Å². The van der Waals surface area contributed by atoms with Crippen LogP contribution < -0.4 is 11.1 Å². The predicted molar refractivity (Wildman–Crippen MR) is 69.9 cm³/mol. The van der Waals surface area contributed by atoms with Gasteiger partial charge in [0.1, 0.15) is 0 Å². The molecular weight excluding hydrogens is 270 g/mol. The molecule has 0 aromatic heterocycles. The summed E-state index contributed by atoms with van der Waals surface area (Å²) in [6, 6.07) is 4.85. The summed E-state index contributed by atoms with van der Waals surface area (Å²) in [5, 5.41) is 13.7. The molecule has 0 aliphatic carbocycles. The topological polar surface area (TPSA) is 122 Å². The van der Waals surface area contributed by atoms with Crippen molar-refractivity contribution in [3.05, 3.63) is 29.8 Å². The van der Waals surface area contributed by atoms with Crippen molar-refractivity contribution in [2.24, 2.45) is 10.9 Å². The Kier molecular flexibility index (Phi) is 4.49. The standard InChI is InChI=1S/C11H15N3O4S/c1-7(10(12)14-16)13-11(15)8-3-5-9(6-4-8)19(2,17)18/h3-7,16H,1-2H3,(H2,12,14)(H,13,15). The number of nitrogens with zero attached hydrogens (tertiary/aromatic N) is 1. The molecule has 1 unspecified atom stereocenters. The molecule has 19 heavy (non-hydrogen) atoms. The Morgan fingerprint density at radius 1 is 1.37 bits per heavy atom. The van der Waals surface area contributed by atoms with E-state index < -0.39 is 21.8 Å². The molecule has 1 aromatic rings. The monoisotopic (exact) mass is 285 g/mol. The second-order valence-electron chi connectivity index (χ2n) is 4.02. The number of hydrogen-bond donors (Lipinski definition) is 3. The molecule has 0 bridgehead atoms. The number of nitrogens with two attached hydrogens (primary N) is 1. The zero-order valence-electron chi connectivity index (χ0n) is 10.5. The molecule has 0 saturated heterocycles. The van der Waals surface area contributed by atoms with Crippen molar-refractivity contribution < 1.29 is 18.4 Å². The summed E-state index contributed by atoms with van der Waals surface area (Å²) in [5.74, 6) is -0.569. The predicted octanol–water partition coefficient (Wildman–Crippen LogP) is -0.0452. The van der Waals surface area contributed by atoms with Crippen molar-refractivity contribution in [1.82, 2.24) is 5.32 Å². The van der Waals surface area contributed by atoms with Crippen molar-refractivity contribution in [1.29, 1.82) is 0 Å². The fourth-order valence-corrected chi connectivity index (χ4v) is 1.92. The van der Waals surface area contributed by atoms with E-state index in [0.717, 1.165) is 6.26 Å². The van der Waals surface area contributed by atoms with Crippen molar-refractivity contribution in [3.63, 3.8) is 0 Å². The summed E-state index contributed by atoms with van der Waals surface area (Å²) >= 11 is 0. The van der Waals surface area contributed by atoms with Gasteiger partial charge in [-0.2, -0.15) is 0 Å². The van der Waals surface area contributed by atoms with Crippen molar-refractivity contribution >= 4 is 21.6 Å². The van der Waals surface area contributed by atoms with Crippen LogP contribution in [0.4, 0.5) is 0 Å². The summed E-state index contributed by atoms with van der Waals surface area (Å²) in [6.45, 7) is 1.55. The molecule has 7 nitrogen and oxygen atoms in total. The number of benzene rings is 1. The summed E-state index contributed by atoms with van der Waals surface area (Å²) < 4.78 is 22.5. The first-order valence-electron chi connectivity index (χ1n) is 5.34. The van der Waals surface area contributed by atoms with E-state index in [4.69, 9.17) is 10.9 Å². The van der Waals surface area contributed by atoms with Gasteiger partial charge in [-0.3, -0.25) is 4.79 Å². The lowest BCUT2D eigenvalue weighted by Gasteiger charge is -2.12. The van der Waals surface area contributed by atoms with Crippen LogP contribution in [-0.4, -0.2) is 37.7 Å². The minimum absolute atomic E-state index is 0.124. The molecule has 0 aliphatic heterocycles. The van der Waals surface area contributed by atoms with E-state index in [-0.39, 0.29) is 16.3 Å². The first-order valence-corrected chi connectivity index (χ1v) is 7.23. The number of amides is 1. The molecule has 8 heteroatoms. The molecule has 1 aromatic carbocycles. The molecule has 1 atom stereocenters. The van der Waals surface area contributed by atoms with Gasteiger partial charge in [0.25, 0.3) is 5.91 Å². The third-order valence-corrected chi connectivity index (χ3v) is 3.58. The van der Waals surface area contributed by atoms with E-state index >= 15 is 0 Å². The Labute approximate surface area is 111 Å². The SMILES string of the molecule is CC(NC(=O)c1ccc(S(C)(=O)=O)cc1)/C(N)=N/O. The van der Waals surface area contributed by atoms with E-state index in [2.05, 4.69) is 10.5 Å². The molecule has 0 saturated carbocycles. The molecular formula is C11H15N3O4S. The molecule has 0 fully saturated rings. The first kappa shape index (κ1) is 15.0. The second-order valence-corrected chi connectivity index (χ2v) is 6.03. The quantitative estimate of drug-likeness (QED) is 0.310. The number of sulfone groups is 1. The fourth-order valence-electron chi connectivity index (χ4n) is 1.29. The fraction of sp³-hybridized carbons (Fsp3) is 0.273. The number of oxime groups is 1. The van der Waals surface area contributed by atoms with Crippen LogP contribution in [0.3, 0.4) is 0 Å². The van der Waals surface area contributed by atoms with Crippen LogP contribution in [0.15, 0.2) is 34.3 Å². The molecule has 0 heterocycles. The highest BCUT2D eigenvalue weighted by Crippen LogP contribution is 2.10. The maximum absolute atomic E-state index is 11.8. The molecule has 104 valence electrons. The minimum Gasteiger partial charge on any atom is -0.409 e. The highest BCUT2D eigenvalue weighted by atomic mass is 32.2. The van der Waals surface area contributed by atoms with Gasteiger partial charge in [0.05, 0.1) is 10.9 Å². The van der Waals surface area contributed by atoms with E-state index in [1.165, 1.54) is 24.3 Å². The van der Waals surface area contributed by atoms with Crippen molar-refractivity contribution in [3.8, 4) is 0 Å². The molecule has 4 N–H and O–H groups in total. The Morgan fingerprint density at radius 2 is 1.89 bits per heavy atom. The van der Waals surface area contributed by atoms with Gasteiger partial charge in [-0.1, -0.05) is 5.16 Å². The number of hydrogen-bond acceptors (Lipinski definition) is 5. The molecule has 0 spiro atoms. The number of nitrogens with one attached hydrogen (secondary N) is 1. The lowest BCUT2D eigenvalue weighted by molar-refractivity contribution is 0.0948. The zero-order chi connectivity index (χ0) is 14.6. The summed E-state index contributed by atoms with van der Waals surface area (Å²) in [5.41, 5.74) is 5.61. The summed E-state index contributed by atoms with van der Waals surface area (Å²) in [4.78, 5) is 11.9. The van der Waals surface area contributed by atoms with Gasteiger partial charge in [-0.05, 0) is 31.2 Å². The summed E-state index contributed by atoms with van der Waals surface area (Å²) in [7, 11) is -3.29. The lowest BCUT2D eigenvalue weighted by Crippen LogP contribution is -2.42. The largest absolute Gasteiger partial charge is 0.409 e. The Bertz CT molecular complexity index is 593. The average Bonchev–Trinajstić information content (AvgIpc) is 2.36. The Morgan fingerprint density at radius 3 is 2.32 bits per heavy atom. The van der Waals surface area contributed by atoms with E-state index in [0.29, 0.717) is 0 Å². The third kappa shape index (κ3) is 3.95. The molecule has 0 radical (unpaired) electrons. The third-order valence-electron chi connectivity index (χ3n) is 2.45. The zero-order valence-corrected chi connectivity index (χ0v) is 11.3. The number of rotatable bonds is 4. The van der Waals surface area contributed by atoms with Crippen LogP contribution >= 0.6 is 0 Å². The highest BCUT2D eigenvalue weighted by molar-refractivity contribution is 7.90. The smallest absolute Gasteiger partial charge is 0.251 e. The first-order chi connectivity index (χ1) is 8.75. The minimum atomic E-state index is -3.29. The van der Waals surface area contributed by atoms with Crippen LogP contribution in [0.25, 0.3) is 0 Å². The maximum atomic E-state index is 11.8. The van der Waals surface area contributed by atoms with Crippen LogP contribution in [0, 0.1) is 0 Å². The number of carbonyl (C=O) groups is 1. The molecule has 1 rings (SSSR count). The normalized spacial score (nSPS) is 13.9. The molecule has 0 aliphatic rings. The van der Waals surface area contributed by atoms with E-state index in [9.17, 15) is 13.2 Å². The Balaban J connectivity index is 2.85. The van der Waals surface area contributed by atoms with Gasteiger partial charge in [-0.25, -0.2) is 8.42 Å². The van der Waals surface area contributed by atoms with E-state index in [1.807, 2.05) is 0 Å². The molecule has 1 amide bonds. The highest BCUT2D eigenvalue weighted by Gasteiger charge is 2.14. The van der Waals surface area contributed by atoms with Gasteiger partial charge >= 0.3 is 0 Å². The second kappa shape index (κ2) is 5.70. The lowest BCUT2D eigenvalue weighted by atomic mass is 10.2. The van der Waals surface area contributed by atoms with Gasteiger partial charge in [-0.15, -0.1) is 0 Å². The van der Waals surface area contributed by atoms with Crippen LogP contribution in [0.2, 0.25) is 0 Å². The van der Waals surface area contributed by atoms with Crippen LogP contribution in [0.5, 0.6) is 0 Å². The van der Waals surface area contributed by atoms with E-state index in [1.54, 1.807) is 6.92 Å². The van der Waals surface area contributed by atoms with Crippen molar-refractivity contribution in [2.75, 3.05) is 6.26 Å². The van der Waals surface area contributed by atoms with Crippen LogP contribution in [0.1, 0.15) is 17.3 Å². The van der Waals surface area contributed by atoms with Gasteiger partial charge in [0, 0.05) is 11.8 Å². The maximum Gasteiger partial charge on any atom is 0.251 e. The summed E-state index contributed by atoms with van der Waals surface area (Å²) in [6.07, 6.45) is 1.09.